The quantitative estimate of drug-likeness (QED) is 0.875. The largest absolute Gasteiger partial charge is 0.433 e. The van der Waals surface area contributed by atoms with E-state index >= 15 is 0 Å². The predicted octanol–water partition coefficient (Wildman–Crippen LogP) is 2.50. The smallest absolute Gasteiger partial charge is 0.387 e. The minimum atomic E-state index is -4.58. The molecule has 1 rings (SSSR count). The molecular weight excluding hydrogens is 291 g/mol. The van der Waals surface area contributed by atoms with Crippen LogP contribution in [-0.2, 0) is 6.18 Å². The summed E-state index contributed by atoms with van der Waals surface area (Å²) in [6.45, 7) is 1.55. The molecule has 0 saturated heterocycles. The first-order valence-corrected chi connectivity index (χ1v) is 7.02. The number of anilines is 1. The van der Waals surface area contributed by atoms with Gasteiger partial charge in [-0.1, -0.05) is 0 Å². The molecular formula is C12H14F3N3OS. The number of aliphatic hydroxyl groups is 1. The Hall–Kier alpha value is -1.46. The Kier molecular flexibility index (Phi) is 5.25. The number of pyridine rings is 1. The third-order valence-electron chi connectivity index (χ3n) is 2.40. The second-order valence-corrected chi connectivity index (χ2v) is 5.35. The zero-order valence-corrected chi connectivity index (χ0v) is 11.8. The van der Waals surface area contributed by atoms with Gasteiger partial charge in [0.1, 0.15) is 17.6 Å². The number of hydrogen-bond donors (Lipinski definition) is 2. The van der Waals surface area contributed by atoms with E-state index in [1.807, 2.05) is 0 Å². The lowest BCUT2D eigenvalue weighted by atomic mass is 10.1. The van der Waals surface area contributed by atoms with Crippen molar-refractivity contribution in [2.45, 2.75) is 18.7 Å². The average molecular weight is 305 g/mol. The summed E-state index contributed by atoms with van der Waals surface area (Å²) < 4.78 is 37.7. The van der Waals surface area contributed by atoms with Gasteiger partial charge in [-0.3, -0.25) is 0 Å². The van der Waals surface area contributed by atoms with Gasteiger partial charge in [0, 0.05) is 12.3 Å². The summed E-state index contributed by atoms with van der Waals surface area (Å²) in [5, 5.41) is 21.4. The number of nitriles is 1. The van der Waals surface area contributed by atoms with Crippen LogP contribution in [0.5, 0.6) is 0 Å². The number of rotatable bonds is 5. The fraction of sp³-hybridized carbons (Fsp3) is 0.500. The summed E-state index contributed by atoms with van der Waals surface area (Å²) in [5.74, 6) is 0.226. The second kappa shape index (κ2) is 6.33. The van der Waals surface area contributed by atoms with Gasteiger partial charge in [0.05, 0.1) is 11.2 Å². The van der Waals surface area contributed by atoms with Crippen LogP contribution >= 0.6 is 11.8 Å². The van der Waals surface area contributed by atoms with Crippen LogP contribution in [-0.4, -0.2) is 34.2 Å². The van der Waals surface area contributed by atoms with Gasteiger partial charge in [0.15, 0.2) is 0 Å². The Bertz CT molecular complexity index is 512. The monoisotopic (exact) mass is 305 g/mol. The molecule has 4 nitrogen and oxygen atoms in total. The molecule has 0 bridgehead atoms. The van der Waals surface area contributed by atoms with Gasteiger partial charge in [-0.15, -0.1) is 0 Å². The van der Waals surface area contributed by atoms with E-state index in [9.17, 15) is 18.3 Å². The molecule has 0 amide bonds. The minimum absolute atomic E-state index is 0.00190. The fourth-order valence-electron chi connectivity index (χ4n) is 1.48. The van der Waals surface area contributed by atoms with E-state index in [1.165, 1.54) is 11.8 Å². The van der Waals surface area contributed by atoms with E-state index in [4.69, 9.17) is 5.26 Å². The van der Waals surface area contributed by atoms with Crippen molar-refractivity contribution in [3.63, 3.8) is 0 Å². The van der Waals surface area contributed by atoms with Gasteiger partial charge < -0.3 is 10.4 Å². The molecule has 0 aliphatic carbocycles. The lowest BCUT2D eigenvalue weighted by Crippen LogP contribution is -2.36. The number of aromatic nitrogens is 1. The van der Waals surface area contributed by atoms with E-state index in [1.54, 1.807) is 19.2 Å². The highest BCUT2D eigenvalue weighted by Gasteiger charge is 2.33. The van der Waals surface area contributed by atoms with Crippen LogP contribution in [0.25, 0.3) is 0 Å². The Morgan fingerprint density at radius 2 is 2.10 bits per heavy atom. The highest BCUT2D eigenvalue weighted by atomic mass is 32.2. The van der Waals surface area contributed by atoms with Gasteiger partial charge in [-0.2, -0.15) is 30.2 Å². The molecule has 1 heterocycles. The van der Waals surface area contributed by atoms with Crippen molar-refractivity contribution in [3.8, 4) is 6.07 Å². The maximum atomic E-state index is 12.6. The maximum Gasteiger partial charge on any atom is 0.433 e. The normalized spacial score (nSPS) is 14.4. The zero-order valence-electron chi connectivity index (χ0n) is 11.0. The Balaban J connectivity index is 2.96. The molecule has 1 aromatic heterocycles. The minimum Gasteiger partial charge on any atom is -0.387 e. The molecule has 0 aliphatic heterocycles. The van der Waals surface area contributed by atoms with Crippen molar-refractivity contribution in [2.24, 2.45) is 0 Å². The Labute approximate surface area is 119 Å². The number of hydrogen-bond acceptors (Lipinski definition) is 5. The van der Waals surface area contributed by atoms with Gasteiger partial charge >= 0.3 is 6.18 Å². The van der Waals surface area contributed by atoms with Crippen molar-refractivity contribution in [1.29, 1.82) is 5.26 Å². The average Bonchev–Trinajstić information content (AvgIpc) is 2.35. The molecule has 1 unspecified atom stereocenters. The molecule has 1 atom stereocenters. The SMILES string of the molecule is CSCC(C)(O)CNc1nc(C(F)(F)F)ccc1C#N. The van der Waals surface area contributed by atoms with Gasteiger partial charge in [-0.25, -0.2) is 4.98 Å². The van der Waals surface area contributed by atoms with Crippen LogP contribution in [0.1, 0.15) is 18.2 Å². The first-order valence-electron chi connectivity index (χ1n) is 5.63. The van der Waals surface area contributed by atoms with E-state index in [-0.39, 0.29) is 17.9 Å². The lowest BCUT2D eigenvalue weighted by molar-refractivity contribution is -0.141. The summed E-state index contributed by atoms with van der Waals surface area (Å²) in [6.07, 6.45) is -2.77. The van der Waals surface area contributed by atoms with Crippen molar-refractivity contribution < 1.29 is 18.3 Å². The number of alkyl halides is 3. The third-order valence-corrected chi connectivity index (χ3v) is 3.31. The molecule has 0 fully saturated rings. The number of nitrogens with zero attached hydrogens (tertiary/aromatic N) is 2. The summed E-state index contributed by atoms with van der Waals surface area (Å²) in [5.41, 5.74) is -2.19. The van der Waals surface area contributed by atoms with Crippen LogP contribution in [0.4, 0.5) is 19.0 Å². The molecule has 0 aromatic carbocycles. The molecule has 110 valence electrons. The van der Waals surface area contributed by atoms with Crippen LogP contribution < -0.4 is 5.32 Å². The summed E-state index contributed by atoms with van der Waals surface area (Å²) >= 11 is 1.41. The Morgan fingerprint density at radius 3 is 2.60 bits per heavy atom. The van der Waals surface area contributed by atoms with Crippen LogP contribution in [0.3, 0.4) is 0 Å². The topological polar surface area (TPSA) is 68.9 Å². The first-order chi connectivity index (χ1) is 9.19. The van der Waals surface area contributed by atoms with Gasteiger partial charge in [0.25, 0.3) is 0 Å². The first kappa shape index (κ1) is 16.6. The van der Waals surface area contributed by atoms with Crippen LogP contribution in [0.15, 0.2) is 12.1 Å². The molecule has 8 heteroatoms. The van der Waals surface area contributed by atoms with Crippen molar-refractivity contribution in [1.82, 2.24) is 4.98 Å². The molecule has 0 saturated carbocycles. The molecule has 0 aliphatic rings. The summed E-state index contributed by atoms with van der Waals surface area (Å²) in [6, 6.07) is 3.57. The summed E-state index contributed by atoms with van der Waals surface area (Å²) in [4.78, 5) is 3.40. The van der Waals surface area contributed by atoms with Crippen molar-refractivity contribution in [2.75, 3.05) is 23.9 Å². The van der Waals surface area contributed by atoms with E-state index in [0.29, 0.717) is 5.75 Å². The number of thioether (sulfide) groups is 1. The Morgan fingerprint density at radius 1 is 1.45 bits per heavy atom. The maximum absolute atomic E-state index is 12.6. The zero-order chi connectivity index (χ0) is 15.4. The molecule has 0 radical (unpaired) electrons. The molecule has 0 spiro atoms. The van der Waals surface area contributed by atoms with Gasteiger partial charge in [0.2, 0.25) is 0 Å². The number of halogens is 3. The molecule has 1 aromatic rings. The van der Waals surface area contributed by atoms with E-state index in [2.05, 4.69) is 10.3 Å². The van der Waals surface area contributed by atoms with Gasteiger partial charge in [-0.05, 0) is 25.3 Å². The third kappa shape index (κ3) is 4.58. The standard InChI is InChI=1S/C12H14F3N3OS/c1-11(19,7-20-2)6-17-10-8(5-16)3-4-9(18-10)12(13,14)15/h3-4,19H,6-7H2,1-2H3,(H,17,18). The predicted molar refractivity (Wildman–Crippen MR) is 71.4 cm³/mol. The second-order valence-electron chi connectivity index (χ2n) is 4.49. The molecule has 20 heavy (non-hydrogen) atoms. The van der Waals surface area contributed by atoms with E-state index in [0.717, 1.165) is 12.1 Å². The fourth-order valence-corrected chi connectivity index (χ4v) is 2.20. The lowest BCUT2D eigenvalue weighted by Gasteiger charge is -2.23. The highest BCUT2D eigenvalue weighted by Crippen LogP contribution is 2.29. The van der Waals surface area contributed by atoms with Crippen molar-refractivity contribution >= 4 is 17.6 Å². The van der Waals surface area contributed by atoms with E-state index < -0.39 is 17.5 Å². The molecule has 2 N–H and O–H groups in total. The van der Waals surface area contributed by atoms with Crippen molar-refractivity contribution in [3.05, 3.63) is 23.4 Å². The number of nitrogens with one attached hydrogen (secondary N) is 1. The van der Waals surface area contributed by atoms with Crippen LogP contribution in [0.2, 0.25) is 0 Å². The van der Waals surface area contributed by atoms with Crippen LogP contribution in [0, 0.1) is 11.3 Å². The highest BCUT2D eigenvalue weighted by molar-refractivity contribution is 7.98. The summed E-state index contributed by atoms with van der Waals surface area (Å²) in [7, 11) is 0.